The van der Waals surface area contributed by atoms with Crippen molar-refractivity contribution in [3.63, 3.8) is 0 Å². The number of ether oxygens (including phenoxy) is 1. The van der Waals surface area contributed by atoms with Crippen molar-refractivity contribution in [3.8, 4) is 11.5 Å². The fourth-order valence-electron chi connectivity index (χ4n) is 5.56. The van der Waals surface area contributed by atoms with E-state index in [0.717, 1.165) is 42.6 Å². The molecule has 2 aromatic rings. The minimum absolute atomic E-state index is 0.112. The Labute approximate surface area is 172 Å². The number of aromatic hydroxyl groups is 1. The lowest BCUT2D eigenvalue weighted by Gasteiger charge is -2.38. The van der Waals surface area contributed by atoms with Crippen LogP contribution in [0, 0.1) is 0 Å². The summed E-state index contributed by atoms with van der Waals surface area (Å²) in [6, 6.07) is 5.01. The Hall–Kier alpha value is -2.08. The van der Waals surface area contributed by atoms with Gasteiger partial charge in [0.1, 0.15) is 17.1 Å². The van der Waals surface area contributed by atoms with Gasteiger partial charge in [-0.3, -0.25) is 4.98 Å². The molecule has 0 spiro atoms. The third kappa shape index (κ3) is 3.21. The summed E-state index contributed by atoms with van der Waals surface area (Å²) in [4.78, 5) is 4.22. The number of benzene rings is 1. The highest BCUT2D eigenvalue weighted by atomic mass is 32.2. The number of pyridine rings is 1. The molecule has 1 aromatic heterocycles. The molecule has 1 aliphatic heterocycles. The molecule has 154 valence electrons. The maximum atomic E-state index is 12.6. The van der Waals surface area contributed by atoms with Crippen molar-refractivity contribution in [2.24, 2.45) is 0 Å². The lowest BCUT2D eigenvalue weighted by Crippen LogP contribution is -2.37. The van der Waals surface area contributed by atoms with Crippen LogP contribution in [0.2, 0.25) is 0 Å². The maximum Gasteiger partial charge on any atom is 0.178 e. The van der Waals surface area contributed by atoms with E-state index >= 15 is 0 Å². The number of nitrogens with zero attached hydrogens (tertiary/aromatic N) is 1. The zero-order valence-corrected chi connectivity index (χ0v) is 17.5. The molecule has 0 saturated heterocycles. The Bertz CT molecular complexity index is 1050. The van der Waals surface area contributed by atoms with Crippen LogP contribution in [0.25, 0.3) is 0 Å². The molecular formula is C23H27NO4S. The molecular weight excluding hydrogens is 386 g/mol. The molecule has 2 heterocycles. The van der Waals surface area contributed by atoms with Crippen molar-refractivity contribution in [3.05, 3.63) is 47.3 Å². The lowest BCUT2D eigenvalue weighted by atomic mass is 9.83. The van der Waals surface area contributed by atoms with Crippen LogP contribution in [0.3, 0.4) is 0 Å². The van der Waals surface area contributed by atoms with Crippen molar-refractivity contribution in [1.29, 1.82) is 0 Å². The normalized spacial score (nSPS) is 27.3. The number of aromatic nitrogens is 1. The highest BCUT2D eigenvalue weighted by Gasteiger charge is 2.44. The predicted molar refractivity (Wildman–Crippen MR) is 110 cm³/mol. The molecule has 29 heavy (non-hydrogen) atoms. The average Bonchev–Trinajstić information content (AvgIpc) is 3.32. The zero-order chi connectivity index (χ0) is 20.2. The summed E-state index contributed by atoms with van der Waals surface area (Å²) in [5.74, 6) is 2.52. The second-order valence-electron chi connectivity index (χ2n) is 9.08. The molecule has 1 N–H and O–H groups in total. The maximum absolute atomic E-state index is 12.6. The van der Waals surface area contributed by atoms with Crippen molar-refractivity contribution in [2.45, 2.75) is 74.2 Å². The molecule has 3 unspecified atom stereocenters. The topological polar surface area (TPSA) is 76.5 Å². The predicted octanol–water partition coefficient (Wildman–Crippen LogP) is 4.49. The first-order valence-corrected chi connectivity index (χ1v) is 12.2. The first-order chi connectivity index (χ1) is 13.9. The van der Waals surface area contributed by atoms with E-state index in [1.807, 2.05) is 6.07 Å². The molecule has 2 aliphatic carbocycles. The van der Waals surface area contributed by atoms with E-state index in [-0.39, 0.29) is 11.4 Å². The first kappa shape index (κ1) is 18.9. The number of aryl methyl sites for hydroxylation is 1. The minimum Gasteiger partial charge on any atom is -0.508 e. The monoisotopic (exact) mass is 413 g/mol. The molecule has 3 atom stereocenters. The number of hydrogen-bond donors (Lipinski definition) is 1. The van der Waals surface area contributed by atoms with Crippen molar-refractivity contribution in [1.82, 2.24) is 4.98 Å². The lowest BCUT2D eigenvalue weighted by molar-refractivity contribution is 0.0539. The Morgan fingerprint density at radius 2 is 1.93 bits per heavy atom. The highest BCUT2D eigenvalue weighted by molar-refractivity contribution is 7.91. The van der Waals surface area contributed by atoms with Gasteiger partial charge in [-0.1, -0.05) is 0 Å². The Morgan fingerprint density at radius 3 is 2.69 bits per heavy atom. The van der Waals surface area contributed by atoms with Gasteiger partial charge in [0.25, 0.3) is 0 Å². The molecule has 1 saturated carbocycles. The van der Waals surface area contributed by atoms with E-state index in [1.165, 1.54) is 24.4 Å². The number of rotatable bonds is 5. The van der Waals surface area contributed by atoms with E-state index < -0.39 is 9.84 Å². The van der Waals surface area contributed by atoms with Crippen LogP contribution in [-0.4, -0.2) is 29.9 Å². The molecule has 6 heteroatoms. The van der Waals surface area contributed by atoms with Crippen LogP contribution in [0.5, 0.6) is 11.5 Å². The van der Waals surface area contributed by atoms with Crippen LogP contribution < -0.4 is 4.74 Å². The summed E-state index contributed by atoms with van der Waals surface area (Å²) in [5, 5.41) is 10.6. The second-order valence-corrected chi connectivity index (χ2v) is 11.2. The van der Waals surface area contributed by atoms with Gasteiger partial charge in [0.05, 0.1) is 10.6 Å². The first-order valence-electron chi connectivity index (χ1n) is 10.6. The van der Waals surface area contributed by atoms with Crippen LogP contribution in [0.15, 0.2) is 35.5 Å². The average molecular weight is 414 g/mol. The number of phenols is 1. The highest BCUT2D eigenvalue weighted by Crippen LogP contribution is 2.60. The van der Waals surface area contributed by atoms with Gasteiger partial charge in [0.2, 0.25) is 0 Å². The van der Waals surface area contributed by atoms with Gasteiger partial charge in [-0.25, -0.2) is 8.42 Å². The molecule has 3 aliphatic rings. The smallest absolute Gasteiger partial charge is 0.178 e. The fraction of sp³-hybridized carbons (Fsp3) is 0.522. The van der Waals surface area contributed by atoms with Crippen LogP contribution in [0.1, 0.15) is 74.0 Å². The minimum atomic E-state index is -3.30. The molecule has 1 aromatic carbocycles. The summed E-state index contributed by atoms with van der Waals surface area (Å²) in [6.45, 7) is 2.10. The molecule has 1 fully saturated rings. The summed E-state index contributed by atoms with van der Waals surface area (Å²) in [5.41, 5.74) is 3.10. The largest absolute Gasteiger partial charge is 0.508 e. The Morgan fingerprint density at radius 1 is 1.21 bits per heavy atom. The van der Waals surface area contributed by atoms with Crippen LogP contribution in [-0.2, 0) is 16.3 Å². The zero-order valence-electron chi connectivity index (χ0n) is 16.7. The van der Waals surface area contributed by atoms with E-state index in [1.54, 1.807) is 12.1 Å². The summed E-state index contributed by atoms with van der Waals surface area (Å²) < 4.78 is 31.7. The molecule has 0 amide bonds. The number of phenolic OH excluding ortho intramolecular Hbond substituents is 1. The van der Waals surface area contributed by atoms with E-state index in [4.69, 9.17) is 4.74 Å². The number of sulfone groups is 1. The van der Waals surface area contributed by atoms with Crippen molar-refractivity contribution in [2.75, 3.05) is 5.75 Å². The second kappa shape index (κ2) is 6.73. The standard InChI is InChI=1S/C23H27NO4S/c1-23(8-2-12-29(26,27)18-6-10-24-11-7-18)9-5-17-14-19(25)20-15-3-4-16(13-15)21(20)22(17)28-23/h6-7,10-11,14-16,25H,2-5,8-9,12-13H2,1H3. The van der Waals surface area contributed by atoms with Gasteiger partial charge in [-0.2, -0.15) is 0 Å². The van der Waals surface area contributed by atoms with Crippen LogP contribution in [0.4, 0.5) is 0 Å². The van der Waals surface area contributed by atoms with Gasteiger partial charge in [-0.15, -0.1) is 0 Å². The SMILES string of the molecule is CC1(CCCS(=O)(=O)c2ccncc2)CCc2cc(O)c3c(c2O1)C1CCC3C1. The van der Waals surface area contributed by atoms with E-state index in [9.17, 15) is 13.5 Å². The van der Waals surface area contributed by atoms with Crippen LogP contribution >= 0.6 is 0 Å². The van der Waals surface area contributed by atoms with Crippen molar-refractivity contribution < 1.29 is 18.3 Å². The van der Waals surface area contributed by atoms with Gasteiger partial charge in [0.15, 0.2) is 9.84 Å². The quantitative estimate of drug-likeness (QED) is 0.782. The Balaban J connectivity index is 1.33. The van der Waals surface area contributed by atoms with E-state index in [0.29, 0.717) is 35.3 Å². The summed E-state index contributed by atoms with van der Waals surface area (Å²) in [6.07, 6.45) is 9.44. The molecule has 0 radical (unpaired) electrons. The number of hydrogen-bond acceptors (Lipinski definition) is 5. The number of fused-ring (bicyclic) bond motifs is 7. The van der Waals surface area contributed by atoms with E-state index in [2.05, 4.69) is 11.9 Å². The van der Waals surface area contributed by atoms with Gasteiger partial charge in [0, 0.05) is 23.5 Å². The summed E-state index contributed by atoms with van der Waals surface area (Å²) >= 11 is 0. The molecule has 5 nitrogen and oxygen atoms in total. The molecule has 2 bridgehead atoms. The van der Waals surface area contributed by atoms with Gasteiger partial charge >= 0.3 is 0 Å². The third-order valence-corrected chi connectivity index (χ3v) is 8.88. The Kier molecular flexibility index (Phi) is 4.39. The van der Waals surface area contributed by atoms with Gasteiger partial charge < -0.3 is 9.84 Å². The fourth-order valence-corrected chi connectivity index (χ4v) is 6.86. The summed E-state index contributed by atoms with van der Waals surface area (Å²) in [7, 11) is -3.30. The van der Waals surface area contributed by atoms with Gasteiger partial charge in [-0.05, 0) is 87.5 Å². The third-order valence-electron chi connectivity index (χ3n) is 7.06. The molecule has 5 rings (SSSR count). The van der Waals surface area contributed by atoms with Crippen molar-refractivity contribution >= 4 is 9.84 Å².